The minimum absolute atomic E-state index is 0.161. The minimum Gasteiger partial charge on any atom is -0.493 e. The van der Waals surface area contributed by atoms with E-state index < -0.39 is 24.4 Å². The Hall–Kier alpha value is -2.87. The standard InChI is InChI=1S/C19H22N2O5S/c1-3-25-15-8-5-4-7-14(15)19(24)20-11-18(23)26-12-17(22)21-13(2)16-9-6-10-27-16/h4-10,13H,3,11-12H2,1-2H3,(H,20,24)(H,21,22)/t13-/m1/s1. The van der Waals surface area contributed by atoms with Crippen LogP contribution in [-0.2, 0) is 14.3 Å². The number of thiophene rings is 1. The first-order valence-electron chi connectivity index (χ1n) is 8.49. The molecule has 0 bridgehead atoms. The Bertz CT molecular complexity index is 776. The Morgan fingerprint density at radius 2 is 1.93 bits per heavy atom. The zero-order chi connectivity index (χ0) is 19.6. The first kappa shape index (κ1) is 20.4. The van der Waals surface area contributed by atoms with Gasteiger partial charge >= 0.3 is 5.97 Å². The minimum atomic E-state index is -0.698. The molecule has 0 fully saturated rings. The van der Waals surface area contributed by atoms with Crippen molar-refractivity contribution < 1.29 is 23.9 Å². The molecule has 7 nitrogen and oxygen atoms in total. The Morgan fingerprint density at radius 1 is 1.15 bits per heavy atom. The van der Waals surface area contributed by atoms with Crippen LogP contribution in [-0.4, -0.2) is 37.5 Å². The van der Waals surface area contributed by atoms with Gasteiger partial charge in [0.25, 0.3) is 11.8 Å². The molecule has 2 aromatic rings. The SMILES string of the molecule is CCOc1ccccc1C(=O)NCC(=O)OCC(=O)N[C@H](C)c1cccs1. The number of amides is 2. The molecule has 0 saturated carbocycles. The maximum Gasteiger partial charge on any atom is 0.325 e. The second kappa shape index (κ2) is 10.3. The van der Waals surface area contributed by atoms with Crippen molar-refractivity contribution in [1.82, 2.24) is 10.6 Å². The Morgan fingerprint density at radius 3 is 2.63 bits per heavy atom. The fourth-order valence-electron chi connectivity index (χ4n) is 2.27. The number of hydrogen-bond acceptors (Lipinski definition) is 6. The van der Waals surface area contributed by atoms with Crippen molar-refractivity contribution in [3.05, 3.63) is 52.2 Å². The van der Waals surface area contributed by atoms with Gasteiger partial charge in [0.2, 0.25) is 0 Å². The van der Waals surface area contributed by atoms with E-state index in [1.165, 1.54) is 11.3 Å². The van der Waals surface area contributed by atoms with E-state index in [1.807, 2.05) is 31.4 Å². The van der Waals surface area contributed by atoms with Gasteiger partial charge in [-0.3, -0.25) is 14.4 Å². The van der Waals surface area contributed by atoms with Gasteiger partial charge in [-0.2, -0.15) is 0 Å². The van der Waals surface area contributed by atoms with Crippen molar-refractivity contribution >= 4 is 29.1 Å². The normalized spacial score (nSPS) is 11.3. The van der Waals surface area contributed by atoms with Crippen LogP contribution in [0.3, 0.4) is 0 Å². The molecule has 2 N–H and O–H groups in total. The first-order valence-corrected chi connectivity index (χ1v) is 9.37. The van der Waals surface area contributed by atoms with Gasteiger partial charge in [-0.05, 0) is 37.4 Å². The summed E-state index contributed by atoms with van der Waals surface area (Å²) in [6.07, 6.45) is 0. The second-order valence-corrected chi connectivity index (χ2v) is 6.56. The third-order valence-corrected chi connectivity index (χ3v) is 4.59. The van der Waals surface area contributed by atoms with Crippen molar-refractivity contribution in [2.45, 2.75) is 19.9 Å². The van der Waals surface area contributed by atoms with Crippen molar-refractivity contribution in [3.63, 3.8) is 0 Å². The number of rotatable bonds is 9. The number of para-hydroxylation sites is 1. The predicted molar refractivity (Wildman–Crippen MR) is 102 cm³/mol. The molecule has 144 valence electrons. The molecule has 0 aliphatic heterocycles. The van der Waals surface area contributed by atoms with E-state index in [1.54, 1.807) is 24.3 Å². The maximum absolute atomic E-state index is 12.2. The molecule has 0 unspecified atom stereocenters. The lowest BCUT2D eigenvalue weighted by atomic mass is 10.2. The third kappa shape index (κ3) is 6.41. The maximum atomic E-state index is 12.2. The fourth-order valence-corrected chi connectivity index (χ4v) is 3.01. The summed E-state index contributed by atoms with van der Waals surface area (Å²) in [5.74, 6) is -1.12. The number of hydrogen-bond donors (Lipinski definition) is 2. The topological polar surface area (TPSA) is 93.7 Å². The highest BCUT2D eigenvalue weighted by Crippen LogP contribution is 2.18. The molecule has 0 radical (unpaired) electrons. The van der Waals surface area contributed by atoms with E-state index in [0.717, 1.165) is 4.88 Å². The van der Waals surface area contributed by atoms with Gasteiger partial charge in [0.15, 0.2) is 6.61 Å². The second-order valence-electron chi connectivity index (χ2n) is 5.58. The Kier molecular flexibility index (Phi) is 7.81. The molecule has 0 aliphatic rings. The highest BCUT2D eigenvalue weighted by atomic mass is 32.1. The lowest BCUT2D eigenvalue weighted by Crippen LogP contribution is -2.34. The average Bonchev–Trinajstić information content (AvgIpc) is 3.20. The van der Waals surface area contributed by atoms with E-state index in [0.29, 0.717) is 17.9 Å². The molecule has 1 heterocycles. The number of esters is 1. The summed E-state index contributed by atoms with van der Waals surface area (Å²) in [4.78, 5) is 36.8. The number of benzene rings is 1. The van der Waals surface area contributed by atoms with E-state index in [9.17, 15) is 14.4 Å². The summed E-state index contributed by atoms with van der Waals surface area (Å²) < 4.78 is 10.3. The van der Waals surface area contributed by atoms with Gasteiger partial charge in [-0.1, -0.05) is 18.2 Å². The number of carbonyl (C=O) groups is 3. The zero-order valence-electron chi connectivity index (χ0n) is 15.2. The number of carbonyl (C=O) groups excluding carboxylic acids is 3. The molecule has 2 rings (SSSR count). The molecule has 1 atom stereocenters. The quantitative estimate of drug-likeness (QED) is 0.641. The molecule has 0 saturated heterocycles. The summed E-state index contributed by atoms with van der Waals surface area (Å²) in [5.41, 5.74) is 0.328. The Balaban J connectivity index is 1.74. The largest absolute Gasteiger partial charge is 0.493 e. The molecular weight excluding hydrogens is 368 g/mol. The molecular formula is C19H22N2O5S. The average molecular weight is 390 g/mol. The molecule has 1 aromatic heterocycles. The number of nitrogens with one attached hydrogen (secondary N) is 2. The van der Waals surface area contributed by atoms with Crippen LogP contribution in [0, 0.1) is 0 Å². The lowest BCUT2D eigenvalue weighted by Gasteiger charge is -2.13. The highest BCUT2D eigenvalue weighted by molar-refractivity contribution is 7.10. The Labute approximate surface area is 161 Å². The van der Waals surface area contributed by atoms with Crippen LogP contribution in [0.1, 0.15) is 35.1 Å². The molecule has 0 aliphatic carbocycles. The summed E-state index contributed by atoms with van der Waals surface area (Å²) >= 11 is 1.53. The van der Waals surface area contributed by atoms with Crippen molar-refractivity contribution in [2.75, 3.05) is 19.8 Å². The third-order valence-electron chi connectivity index (χ3n) is 3.54. The van der Waals surface area contributed by atoms with E-state index >= 15 is 0 Å². The molecule has 8 heteroatoms. The van der Waals surface area contributed by atoms with Crippen LogP contribution < -0.4 is 15.4 Å². The van der Waals surface area contributed by atoms with Crippen LogP contribution >= 0.6 is 11.3 Å². The van der Waals surface area contributed by atoms with Crippen LogP contribution in [0.2, 0.25) is 0 Å². The van der Waals surface area contributed by atoms with E-state index in [-0.39, 0.29) is 12.6 Å². The summed E-state index contributed by atoms with van der Waals surface area (Å²) in [5, 5.41) is 7.12. The summed E-state index contributed by atoms with van der Waals surface area (Å²) in [6.45, 7) is 3.34. The van der Waals surface area contributed by atoms with Crippen molar-refractivity contribution in [3.8, 4) is 5.75 Å². The smallest absolute Gasteiger partial charge is 0.325 e. The van der Waals surface area contributed by atoms with Crippen molar-refractivity contribution in [2.24, 2.45) is 0 Å². The molecule has 2 amide bonds. The summed E-state index contributed by atoms with van der Waals surface area (Å²) in [7, 11) is 0. The van der Waals surface area contributed by atoms with Crippen LogP contribution in [0.5, 0.6) is 5.75 Å². The van der Waals surface area contributed by atoms with E-state index in [4.69, 9.17) is 9.47 Å². The van der Waals surface area contributed by atoms with Crippen molar-refractivity contribution in [1.29, 1.82) is 0 Å². The van der Waals surface area contributed by atoms with Crippen LogP contribution in [0.15, 0.2) is 41.8 Å². The summed E-state index contributed by atoms with van der Waals surface area (Å²) in [6, 6.07) is 10.4. The number of ether oxygens (including phenoxy) is 2. The highest BCUT2D eigenvalue weighted by Gasteiger charge is 2.15. The van der Waals surface area contributed by atoms with Crippen LogP contribution in [0.4, 0.5) is 0 Å². The van der Waals surface area contributed by atoms with Gasteiger partial charge in [0.05, 0.1) is 18.2 Å². The molecule has 1 aromatic carbocycles. The monoisotopic (exact) mass is 390 g/mol. The van der Waals surface area contributed by atoms with E-state index in [2.05, 4.69) is 10.6 Å². The fraction of sp³-hybridized carbons (Fsp3) is 0.316. The van der Waals surface area contributed by atoms with Gasteiger partial charge in [0, 0.05) is 4.88 Å². The lowest BCUT2D eigenvalue weighted by molar-refractivity contribution is -0.147. The zero-order valence-corrected chi connectivity index (χ0v) is 16.0. The molecule has 27 heavy (non-hydrogen) atoms. The predicted octanol–water partition coefficient (Wildman–Crippen LogP) is 2.30. The molecule has 0 spiro atoms. The van der Waals surface area contributed by atoms with Gasteiger partial charge < -0.3 is 20.1 Å². The first-order chi connectivity index (χ1) is 13.0. The van der Waals surface area contributed by atoms with Gasteiger partial charge in [-0.15, -0.1) is 11.3 Å². The van der Waals surface area contributed by atoms with Gasteiger partial charge in [0.1, 0.15) is 12.3 Å². The van der Waals surface area contributed by atoms with Gasteiger partial charge in [-0.25, -0.2) is 0 Å². The van der Waals surface area contributed by atoms with Crippen LogP contribution in [0.25, 0.3) is 0 Å².